The molecule has 160 valence electrons. The summed E-state index contributed by atoms with van der Waals surface area (Å²) in [7, 11) is 5.41. The highest BCUT2D eigenvalue weighted by atomic mass is 16.5. The van der Waals surface area contributed by atoms with Crippen LogP contribution >= 0.6 is 0 Å². The number of nitrogens with zero attached hydrogens (tertiary/aromatic N) is 3. The number of rotatable bonds is 8. The second-order valence-corrected chi connectivity index (χ2v) is 7.48. The van der Waals surface area contributed by atoms with Crippen LogP contribution in [-0.4, -0.2) is 41.7 Å². The van der Waals surface area contributed by atoms with Crippen molar-refractivity contribution in [1.29, 1.82) is 0 Å². The summed E-state index contributed by atoms with van der Waals surface area (Å²) >= 11 is 0. The summed E-state index contributed by atoms with van der Waals surface area (Å²) in [5, 5.41) is 11.7. The standard InChI is InChI=1S/C23H30N4O3/c1-7-30-21(28)12-19(16-9-8-14(2)17(10-16)13-24-4)18-11-20(29-6)23-22(15(18)3)25-26-27(23)5/h8-11,19,24H,7,12-13H2,1-6H3. The molecule has 0 aliphatic carbocycles. The van der Waals surface area contributed by atoms with Gasteiger partial charge in [-0.25, -0.2) is 4.68 Å². The first-order chi connectivity index (χ1) is 14.4. The smallest absolute Gasteiger partial charge is 0.306 e. The molecule has 1 unspecified atom stereocenters. The summed E-state index contributed by atoms with van der Waals surface area (Å²) in [4.78, 5) is 12.5. The Hall–Kier alpha value is -2.93. The molecular weight excluding hydrogens is 380 g/mol. The van der Waals surface area contributed by atoms with Crippen molar-refractivity contribution in [2.75, 3.05) is 20.8 Å². The fourth-order valence-electron chi connectivity index (χ4n) is 3.94. The third-order valence-electron chi connectivity index (χ3n) is 5.55. The second kappa shape index (κ2) is 9.26. The van der Waals surface area contributed by atoms with Crippen LogP contribution in [0, 0.1) is 13.8 Å². The van der Waals surface area contributed by atoms with Crippen LogP contribution in [0.25, 0.3) is 11.0 Å². The maximum absolute atomic E-state index is 12.5. The monoisotopic (exact) mass is 410 g/mol. The number of hydrogen-bond donors (Lipinski definition) is 1. The van der Waals surface area contributed by atoms with Gasteiger partial charge in [0.05, 0.1) is 20.1 Å². The molecule has 0 amide bonds. The molecule has 0 aliphatic heterocycles. The minimum Gasteiger partial charge on any atom is -0.494 e. The van der Waals surface area contributed by atoms with Gasteiger partial charge >= 0.3 is 5.97 Å². The predicted molar refractivity (Wildman–Crippen MR) is 117 cm³/mol. The molecule has 0 aliphatic rings. The van der Waals surface area contributed by atoms with Crippen molar-refractivity contribution in [2.45, 2.75) is 39.7 Å². The fraction of sp³-hybridized carbons (Fsp3) is 0.435. The van der Waals surface area contributed by atoms with Crippen molar-refractivity contribution >= 4 is 17.0 Å². The first-order valence-corrected chi connectivity index (χ1v) is 10.2. The SMILES string of the molecule is CCOC(=O)CC(c1ccc(C)c(CNC)c1)c1cc(OC)c2c(nnn2C)c1C. The van der Waals surface area contributed by atoms with E-state index in [-0.39, 0.29) is 18.3 Å². The predicted octanol–water partition coefficient (Wildman–Crippen LogP) is 3.40. The van der Waals surface area contributed by atoms with E-state index in [0.29, 0.717) is 12.4 Å². The minimum absolute atomic E-state index is 0.180. The molecule has 30 heavy (non-hydrogen) atoms. The summed E-state index contributed by atoms with van der Waals surface area (Å²) in [6.07, 6.45) is 0.242. The van der Waals surface area contributed by atoms with Gasteiger partial charge in [-0.1, -0.05) is 23.4 Å². The van der Waals surface area contributed by atoms with E-state index >= 15 is 0 Å². The quantitative estimate of drug-likeness (QED) is 0.574. The molecule has 0 fully saturated rings. The zero-order chi connectivity index (χ0) is 21.8. The highest BCUT2D eigenvalue weighted by Gasteiger charge is 2.25. The summed E-state index contributed by atoms with van der Waals surface area (Å²) in [5.74, 6) is 0.283. The average Bonchev–Trinajstić information content (AvgIpc) is 3.11. The molecule has 2 aromatic carbocycles. The number of ether oxygens (including phenoxy) is 2. The Balaban J connectivity index is 2.19. The van der Waals surface area contributed by atoms with Gasteiger partial charge in [0.25, 0.3) is 0 Å². The Morgan fingerprint density at radius 3 is 2.70 bits per heavy atom. The number of aromatic nitrogens is 3. The normalized spacial score (nSPS) is 12.2. The first kappa shape index (κ1) is 21.8. The van der Waals surface area contributed by atoms with Crippen molar-refractivity contribution in [1.82, 2.24) is 20.3 Å². The zero-order valence-corrected chi connectivity index (χ0v) is 18.6. The van der Waals surface area contributed by atoms with Gasteiger partial charge in [-0.05, 0) is 61.7 Å². The van der Waals surface area contributed by atoms with Gasteiger partial charge < -0.3 is 14.8 Å². The number of fused-ring (bicyclic) bond motifs is 1. The lowest BCUT2D eigenvalue weighted by Crippen LogP contribution is -2.14. The maximum Gasteiger partial charge on any atom is 0.306 e. The Morgan fingerprint density at radius 1 is 1.27 bits per heavy atom. The molecule has 3 rings (SSSR count). The number of hydrogen-bond acceptors (Lipinski definition) is 6. The Morgan fingerprint density at radius 2 is 2.03 bits per heavy atom. The van der Waals surface area contributed by atoms with Gasteiger partial charge in [0.1, 0.15) is 16.8 Å². The Bertz CT molecular complexity index is 1060. The molecule has 0 bridgehead atoms. The van der Waals surface area contributed by atoms with Crippen LogP contribution in [0.15, 0.2) is 24.3 Å². The molecule has 3 aromatic rings. The van der Waals surface area contributed by atoms with E-state index in [2.05, 4.69) is 40.8 Å². The van der Waals surface area contributed by atoms with Gasteiger partial charge in [-0.15, -0.1) is 5.10 Å². The lowest BCUT2D eigenvalue weighted by atomic mass is 9.84. The van der Waals surface area contributed by atoms with Crippen LogP contribution in [-0.2, 0) is 23.1 Å². The molecule has 1 N–H and O–H groups in total. The summed E-state index contributed by atoms with van der Waals surface area (Å²) < 4.78 is 12.7. The molecule has 1 heterocycles. The number of nitrogens with one attached hydrogen (secondary N) is 1. The largest absolute Gasteiger partial charge is 0.494 e. The topological polar surface area (TPSA) is 78.3 Å². The van der Waals surface area contributed by atoms with E-state index in [1.54, 1.807) is 11.8 Å². The van der Waals surface area contributed by atoms with Crippen molar-refractivity contribution < 1.29 is 14.3 Å². The molecule has 0 spiro atoms. The molecular formula is C23H30N4O3. The van der Waals surface area contributed by atoms with Crippen LogP contribution in [0.1, 0.15) is 47.1 Å². The highest BCUT2D eigenvalue weighted by Crippen LogP contribution is 2.38. The van der Waals surface area contributed by atoms with Gasteiger partial charge in [0, 0.05) is 19.5 Å². The number of carbonyl (C=O) groups is 1. The lowest BCUT2D eigenvalue weighted by Gasteiger charge is -2.22. The van der Waals surface area contributed by atoms with Gasteiger partial charge in [0.2, 0.25) is 0 Å². The summed E-state index contributed by atoms with van der Waals surface area (Å²) in [6, 6.07) is 8.36. The van der Waals surface area contributed by atoms with Crippen molar-refractivity contribution in [3.05, 3.63) is 52.1 Å². The molecule has 0 saturated carbocycles. The van der Waals surface area contributed by atoms with Gasteiger partial charge in [-0.3, -0.25) is 4.79 Å². The van der Waals surface area contributed by atoms with E-state index < -0.39 is 0 Å². The van der Waals surface area contributed by atoms with Gasteiger partial charge in [0.15, 0.2) is 0 Å². The number of methoxy groups -OCH3 is 1. The molecule has 7 nitrogen and oxygen atoms in total. The molecule has 1 aromatic heterocycles. The zero-order valence-electron chi connectivity index (χ0n) is 18.6. The minimum atomic E-state index is -0.226. The van der Waals surface area contributed by atoms with E-state index in [9.17, 15) is 4.79 Å². The maximum atomic E-state index is 12.5. The van der Waals surface area contributed by atoms with E-state index in [4.69, 9.17) is 9.47 Å². The third-order valence-corrected chi connectivity index (χ3v) is 5.55. The lowest BCUT2D eigenvalue weighted by molar-refractivity contribution is -0.143. The number of benzene rings is 2. The number of aryl methyl sites for hydroxylation is 3. The Labute approximate surface area is 177 Å². The van der Waals surface area contributed by atoms with E-state index in [0.717, 1.165) is 34.3 Å². The second-order valence-electron chi connectivity index (χ2n) is 7.48. The van der Waals surface area contributed by atoms with Crippen LogP contribution in [0.4, 0.5) is 0 Å². The van der Waals surface area contributed by atoms with Crippen molar-refractivity contribution in [3.8, 4) is 5.75 Å². The molecule has 0 radical (unpaired) electrons. The fourth-order valence-corrected chi connectivity index (χ4v) is 3.94. The Kier molecular flexibility index (Phi) is 6.72. The molecule has 1 atom stereocenters. The summed E-state index contributed by atoms with van der Waals surface area (Å²) in [5.41, 5.74) is 7.08. The van der Waals surface area contributed by atoms with Crippen molar-refractivity contribution in [3.63, 3.8) is 0 Å². The first-order valence-electron chi connectivity index (χ1n) is 10.2. The van der Waals surface area contributed by atoms with Crippen LogP contribution < -0.4 is 10.1 Å². The molecule has 7 heteroatoms. The van der Waals surface area contributed by atoms with E-state index in [1.165, 1.54) is 11.1 Å². The van der Waals surface area contributed by atoms with Crippen LogP contribution in [0.3, 0.4) is 0 Å². The van der Waals surface area contributed by atoms with Crippen molar-refractivity contribution in [2.24, 2.45) is 7.05 Å². The van der Waals surface area contributed by atoms with E-state index in [1.807, 2.05) is 34.0 Å². The number of esters is 1. The number of carbonyl (C=O) groups excluding carboxylic acids is 1. The van der Waals surface area contributed by atoms with Gasteiger partial charge in [-0.2, -0.15) is 0 Å². The molecule has 0 saturated heterocycles. The van der Waals surface area contributed by atoms with Crippen LogP contribution in [0.5, 0.6) is 5.75 Å². The highest BCUT2D eigenvalue weighted by molar-refractivity contribution is 5.86. The average molecular weight is 411 g/mol. The summed E-state index contributed by atoms with van der Waals surface area (Å²) in [6.45, 7) is 7.06. The van der Waals surface area contributed by atoms with Crippen LogP contribution in [0.2, 0.25) is 0 Å². The third kappa shape index (κ3) is 4.16.